The Morgan fingerprint density at radius 2 is 0.867 bits per heavy atom. The molecule has 4 aromatic rings. The number of fused-ring (bicyclic) bond motifs is 6. The molecule has 0 aliphatic carbocycles. The van der Waals surface area contributed by atoms with Crippen molar-refractivity contribution in [3.8, 4) is 22.3 Å². The minimum Gasteiger partial charge on any atom is -0.0623 e. The van der Waals surface area contributed by atoms with E-state index in [0.29, 0.717) is 0 Å². The average molecular weight is 419 g/mol. The first kappa shape index (κ1) is 18.1. The van der Waals surface area contributed by atoms with Crippen LogP contribution in [0.25, 0.3) is 22.3 Å². The van der Waals surface area contributed by atoms with Gasteiger partial charge < -0.3 is 0 Å². The van der Waals surface area contributed by atoms with E-state index in [9.17, 15) is 0 Å². The molecule has 30 heavy (non-hydrogen) atoms. The summed E-state index contributed by atoms with van der Waals surface area (Å²) in [4.78, 5) is 0. The predicted octanol–water partition coefficient (Wildman–Crippen LogP) is 3.65. The molecule has 0 bridgehead atoms. The summed E-state index contributed by atoms with van der Waals surface area (Å²) in [6.07, 6.45) is 0. The maximum absolute atomic E-state index is 2.43. The highest BCUT2D eigenvalue weighted by molar-refractivity contribution is 6.93. The first-order valence-electron chi connectivity index (χ1n) is 11.1. The first-order valence-corrected chi connectivity index (χ1v) is 15.1. The van der Waals surface area contributed by atoms with E-state index in [-0.39, 0.29) is 0 Å². The molecule has 2 aliphatic rings. The van der Waals surface area contributed by atoms with Gasteiger partial charge in [0.1, 0.15) is 17.6 Å². The monoisotopic (exact) mass is 418 g/mol. The van der Waals surface area contributed by atoms with E-state index >= 15 is 0 Å². The third kappa shape index (κ3) is 2.57. The summed E-state index contributed by atoms with van der Waals surface area (Å²) in [6, 6.07) is 35.2. The van der Waals surface area contributed by atoms with Gasteiger partial charge in [-0.15, -0.1) is 0 Å². The van der Waals surface area contributed by atoms with E-state index in [2.05, 4.69) is 98.8 Å². The van der Waals surface area contributed by atoms with Gasteiger partial charge >= 0.3 is 0 Å². The minimum atomic E-state index is -1.17. The molecule has 4 aromatic carbocycles. The van der Waals surface area contributed by atoms with Crippen molar-refractivity contribution in [1.82, 2.24) is 0 Å². The zero-order chi connectivity index (χ0) is 20.2. The second-order valence-corrected chi connectivity index (χ2v) is 14.8. The number of aryl methyl sites for hydroxylation is 2. The molecule has 0 spiro atoms. The van der Waals surface area contributed by atoms with Crippen LogP contribution in [-0.4, -0.2) is 17.6 Å². The second kappa shape index (κ2) is 6.93. The lowest BCUT2D eigenvalue weighted by molar-refractivity contribution is 1.39. The molecule has 0 N–H and O–H groups in total. The topological polar surface area (TPSA) is 0 Å². The van der Waals surface area contributed by atoms with Gasteiger partial charge in [-0.05, 0) is 57.6 Å². The number of hydrogen-bond acceptors (Lipinski definition) is 0. The van der Waals surface area contributed by atoms with Gasteiger partial charge in [-0.1, -0.05) is 107 Å². The molecule has 2 unspecified atom stereocenters. The SMILES string of the molecule is Cc1cccc2c1-c1ccccc1[SiH]2CC[SiH]1c2ccccc2-c2c(C)cccc21. The van der Waals surface area contributed by atoms with Crippen LogP contribution in [-0.2, 0) is 0 Å². The van der Waals surface area contributed by atoms with Gasteiger partial charge in [0.15, 0.2) is 0 Å². The fourth-order valence-electron chi connectivity index (χ4n) is 6.05. The summed E-state index contributed by atoms with van der Waals surface area (Å²) in [5, 5.41) is 6.71. The van der Waals surface area contributed by atoms with Crippen LogP contribution in [0.5, 0.6) is 0 Å². The maximum Gasteiger partial charge on any atom is 0.104 e. The molecule has 0 aromatic heterocycles. The van der Waals surface area contributed by atoms with Crippen molar-refractivity contribution in [2.75, 3.05) is 0 Å². The molecule has 0 fully saturated rings. The molecule has 0 nitrogen and oxygen atoms in total. The molecule has 146 valence electrons. The molecule has 2 heteroatoms. The highest BCUT2D eigenvalue weighted by atomic mass is 28.3. The Balaban J connectivity index is 1.40. The standard InChI is InChI=1S/C28H26Si2/c1-19-9-7-15-25-27(19)21-11-3-5-13-23(21)29(25)17-18-30-24-14-6-4-12-22(24)28-20(2)10-8-16-26(28)30/h3-16,29-30H,17-18H2,1-2H3. The van der Waals surface area contributed by atoms with Gasteiger partial charge in [0, 0.05) is 0 Å². The average Bonchev–Trinajstić information content (AvgIpc) is 3.27. The van der Waals surface area contributed by atoms with Crippen molar-refractivity contribution in [3.63, 3.8) is 0 Å². The van der Waals surface area contributed by atoms with E-state index < -0.39 is 17.6 Å². The molecular weight excluding hydrogens is 392 g/mol. The van der Waals surface area contributed by atoms with Crippen LogP contribution < -0.4 is 20.7 Å². The van der Waals surface area contributed by atoms with E-state index in [1.54, 1.807) is 31.9 Å². The summed E-state index contributed by atoms with van der Waals surface area (Å²) < 4.78 is 0. The summed E-state index contributed by atoms with van der Waals surface area (Å²) in [6.45, 7) is 4.57. The predicted molar refractivity (Wildman–Crippen MR) is 136 cm³/mol. The minimum absolute atomic E-state index is 1.17. The van der Waals surface area contributed by atoms with Crippen molar-refractivity contribution < 1.29 is 0 Å². The van der Waals surface area contributed by atoms with Crippen LogP contribution >= 0.6 is 0 Å². The quantitative estimate of drug-likeness (QED) is 0.446. The van der Waals surface area contributed by atoms with E-state index in [1.165, 1.54) is 34.3 Å². The van der Waals surface area contributed by atoms with E-state index in [4.69, 9.17) is 0 Å². The van der Waals surface area contributed by atoms with Crippen LogP contribution in [0.15, 0.2) is 84.9 Å². The molecule has 0 saturated heterocycles. The number of benzene rings is 4. The number of rotatable bonds is 3. The maximum atomic E-state index is 2.43. The van der Waals surface area contributed by atoms with Gasteiger partial charge in [-0.2, -0.15) is 0 Å². The van der Waals surface area contributed by atoms with Gasteiger partial charge in [0.05, 0.1) is 0 Å². The second-order valence-electron chi connectivity index (χ2n) is 8.94. The summed E-state index contributed by atoms with van der Waals surface area (Å²) in [7, 11) is -2.33. The molecule has 0 amide bonds. The lowest BCUT2D eigenvalue weighted by Crippen LogP contribution is -2.43. The Kier molecular flexibility index (Phi) is 4.19. The molecule has 2 atom stereocenters. The normalized spacial score (nSPS) is 17.9. The third-order valence-electron chi connectivity index (χ3n) is 7.32. The van der Waals surface area contributed by atoms with Crippen LogP contribution in [0.3, 0.4) is 0 Å². The molecule has 0 radical (unpaired) electrons. The van der Waals surface area contributed by atoms with Gasteiger partial charge in [-0.3, -0.25) is 0 Å². The summed E-state index contributed by atoms with van der Waals surface area (Å²) >= 11 is 0. The Bertz CT molecular complexity index is 1190. The van der Waals surface area contributed by atoms with Crippen molar-refractivity contribution >= 4 is 38.3 Å². The largest absolute Gasteiger partial charge is 0.104 e. The van der Waals surface area contributed by atoms with E-state index in [0.717, 1.165) is 0 Å². The van der Waals surface area contributed by atoms with E-state index in [1.807, 2.05) is 0 Å². The van der Waals surface area contributed by atoms with Crippen LogP contribution in [0.2, 0.25) is 12.1 Å². The number of hydrogen-bond donors (Lipinski definition) is 0. The Hall–Kier alpha value is -2.69. The zero-order valence-corrected chi connectivity index (χ0v) is 20.0. The van der Waals surface area contributed by atoms with Gasteiger partial charge in [0.25, 0.3) is 0 Å². The highest BCUT2D eigenvalue weighted by Gasteiger charge is 2.34. The fraction of sp³-hybridized carbons (Fsp3) is 0.143. The molecule has 0 saturated carbocycles. The molecule has 2 heterocycles. The Morgan fingerprint density at radius 3 is 1.33 bits per heavy atom. The van der Waals surface area contributed by atoms with Crippen molar-refractivity contribution in [1.29, 1.82) is 0 Å². The molecule has 2 aliphatic heterocycles. The first-order chi connectivity index (χ1) is 14.7. The molecule has 6 rings (SSSR count). The van der Waals surface area contributed by atoms with Crippen molar-refractivity contribution in [2.24, 2.45) is 0 Å². The summed E-state index contributed by atoms with van der Waals surface area (Å²) in [5.74, 6) is 0. The van der Waals surface area contributed by atoms with Gasteiger partial charge in [-0.25, -0.2) is 0 Å². The zero-order valence-electron chi connectivity index (χ0n) is 17.7. The van der Waals surface area contributed by atoms with Gasteiger partial charge in [0.2, 0.25) is 0 Å². The Morgan fingerprint density at radius 1 is 0.467 bits per heavy atom. The third-order valence-corrected chi connectivity index (χ3v) is 14.8. The summed E-state index contributed by atoms with van der Waals surface area (Å²) in [5.41, 5.74) is 9.03. The van der Waals surface area contributed by atoms with Crippen LogP contribution in [0.1, 0.15) is 11.1 Å². The Labute approximate surface area is 182 Å². The van der Waals surface area contributed by atoms with Crippen molar-refractivity contribution in [2.45, 2.75) is 25.9 Å². The lowest BCUT2D eigenvalue weighted by Gasteiger charge is -2.17. The van der Waals surface area contributed by atoms with Crippen LogP contribution in [0, 0.1) is 13.8 Å². The highest BCUT2D eigenvalue weighted by Crippen LogP contribution is 2.30. The van der Waals surface area contributed by atoms with Crippen molar-refractivity contribution in [3.05, 3.63) is 96.1 Å². The molecular formula is C28H26Si2. The van der Waals surface area contributed by atoms with Crippen LogP contribution in [0.4, 0.5) is 0 Å². The smallest absolute Gasteiger partial charge is 0.0623 e. The fourth-order valence-corrected chi connectivity index (χ4v) is 14.7. The lowest BCUT2D eigenvalue weighted by atomic mass is 10.0.